The zero-order chi connectivity index (χ0) is 19.3. The zero-order valence-corrected chi connectivity index (χ0v) is 15.6. The van der Waals surface area contributed by atoms with Gasteiger partial charge in [0.05, 0.1) is 30.2 Å². The van der Waals surface area contributed by atoms with Crippen molar-refractivity contribution in [2.45, 2.75) is 63.8 Å². The van der Waals surface area contributed by atoms with Gasteiger partial charge in [0.15, 0.2) is 10.8 Å². The lowest BCUT2D eigenvalue weighted by molar-refractivity contribution is -0.306. The first-order valence-corrected chi connectivity index (χ1v) is 9.88. The number of nitrogens with one attached hydrogen (secondary N) is 1. The van der Waals surface area contributed by atoms with E-state index in [0.29, 0.717) is 25.2 Å². The van der Waals surface area contributed by atoms with Crippen molar-refractivity contribution in [2.24, 2.45) is 28.6 Å². The lowest BCUT2D eigenvalue weighted by Crippen LogP contribution is -2.65. The summed E-state index contributed by atoms with van der Waals surface area (Å²) < 4.78 is 12.5. The molecule has 0 amide bonds. The molecule has 0 radical (unpaired) electrons. The topological polar surface area (TPSA) is 114 Å². The second-order valence-corrected chi connectivity index (χ2v) is 8.38. The molecule has 140 valence electrons. The molecule has 2 aliphatic carbocycles. The lowest BCUT2D eigenvalue weighted by Gasteiger charge is -2.54. The molecule has 0 aromatic rings. The Morgan fingerprint density at radius 3 is 2.56 bits per heavy atom. The smallest absolute Gasteiger partial charge is 0.217 e. The largest absolute Gasteiger partial charge is 0.447 e. The maximum atomic E-state index is 10.3. The van der Waals surface area contributed by atoms with E-state index in [1.807, 2.05) is 0 Å². The highest BCUT2D eigenvalue weighted by molar-refractivity contribution is 5.89. The molecule has 1 saturated carbocycles. The van der Waals surface area contributed by atoms with E-state index in [0.717, 1.165) is 25.7 Å². The fourth-order valence-corrected chi connectivity index (χ4v) is 5.86. The summed E-state index contributed by atoms with van der Waals surface area (Å²) in [5.41, 5.74) is -3.29. The minimum Gasteiger partial charge on any atom is -0.447 e. The molecule has 3 fully saturated rings. The van der Waals surface area contributed by atoms with Gasteiger partial charge in [0.1, 0.15) is 0 Å². The monoisotopic (exact) mass is 364 g/mol. The van der Waals surface area contributed by atoms with Crippen LogP contribution in [0.25, 0.3) is 0 Å². The SMILES string of the molecule is CCC1CCC23OC(=N)C(C#N)(C2C1)C(C#N)(C#N)C(C1CC=CCC1)O3. The third kappa shape index (κ3) is 2.04. The molecule has 2 aliphatic heterocycles. The van der Waals surface area contributed by atoms with E-state index < -0.39 is 28.6 Å². The van der Waals surface area contributed by atoms with Crippen LogP contribution in [0.15, 0.2) is 12.2 Å². The minimum atomic E-state index is -1.73. The van der Waals surface area contributed by atoms with Crippen molar-refractivity contribution < 1.29 is 9.47 Å². The average molecular weight is 364 g/mol. The molecule has 0 aromatic carbocycles. The summed E-state index contributed by atoms with van der Waals surface area (Å²) in [4.78, 5) is 0. The predicted octanol–water partition coefficient (Wildman–Crippen LogP) is 3.82. The van der Waals surface area contributed by atoms with E-state index in [2.05, 4.69) is 37.3 Å². The number of ether oxygens (including phenoxy) is 2. The Balaban J connectivity index is 1.90. The first-order valence-electron chi connectivity index (χ1n) is 9.88. The normalized spacial score (nSPS) is 44.3. The van der Waals surface area contributed by atoms with Crippen LogP contribution in [0.3, 0.4) is 0 Å². The van der Waals surface area contributed by atoms with E-state index in [1.165, 1.54) is 0 Å². The summed E-state index contributed by atoms with van der Waals surface area (Å²) in [6, 6.07) is 6.61. The van der Waals surface area contributed by atoms with Crippen LogP contribution in [0.1, 0.15) is 51.9 Å². The predicted molar refractivity (Wildman–Crippen MR) is 95.7 cm³/mol. The Labute approximate surface area is 159 Å². The van der Waals surface area contributed by atoms with Crippen molar-refractivity contribution in [3.63, 3.8) is 0 Å². The Hall–Kier alpha value is -2.36. The molecule has 6 atom stereocenters. The number of allylic oxidation sites excluding steroid dienone is 2. The molecule has 4 aliphatic rings. The Morgan fingerprint density at radius 2 is 1.96 bits per heavy atom. The molecule has 0 aromatic heterocycles. The van der Waals surface area contributed by atoms with Crippen molar-refractivity contribution in [3.8, 4) is 18.2 Å². The number of hydrogen-bond donors (Lipinski definition) is 1. The number of hydrogen-bond acceptors (Lipinski definition) is 6. The van der Waals surface area contributed by atoms with E-state index in [9.17, 15) is 15.8 Å². The van der Waals surface area contributed by atoms with Crippen molar-refractivity contribution >= 4 is 5.90 Å². The molecular formula is C21H24N4O2. The zero-order valence-electron chi connectivity index (χ0n) is 15.6. The minimum absolute atomic E-state index is 0.0294. The molecule has 2 saturated heterocycles. The van der Waals surface area contributed by atoms with Gasteiger partial charge in [-0.15, -0.1) is 0 Å². The lowest BCUT2D eigenvalue weighted by atomic mass is 9.49. The van der Waals surface area contributed by atoms with Gasteiger partial charge in [0, 0.05) is 6.42 Å². The van der Waals surface area contributed by atoms with Gasteiger partial charge in [0.25, 0.3) is 0 Å². The van der Waals surface area contributed by atoms with Crippen molar-refractivity contribution in [1.82, 2.24) is 0 Å². The standard InChI is InChI=1S/C21H24N4O2/c1-2-14-8-9-21-16(10-14)20(13-24,18(25)27-21)19(11-22,12-23)17(26-21)15-6-4-3-5-7-15/h3-4,14-17,25H,2,5-10H2,1H3. The Bertz CT molecular complexity index is 802. The molecule has 6 nitrogen and oxygen atoms in total. The fraction of sp³-hybridized carbons (Fsp3) is 0.714. The van der Waals surface area contributed by atoms with Crippen LogP contribution in [0.2, 0.25) is 0 Å². The second-order valence-electron chi connectivity index (χ2n) is 8.38. The van der Waals surface area contributed by atoms with Crippen molar-refractivity contribution in [1.29, 1.82) is 21.2 Å². The first kappa shape index (κ1) is 18.0. The van der Waals surface area contributed by atoms with Gasteiger partial charge in [0.2, 0.25) is 11.7 Å². The van der Waals surface area contributed by atoms with E-state index in [1.54, 1.807) is 0 Å². The number of rotatable bonds is 2. The molecule has 0 spiro atoms. The molecule has 6 heteroatoms. The van der Waals surface area contributed by atoms with Gasteiger partial charge >= 0.3 is 0 Å². The van der Waals surface area contributed by atoms with Gasteiger partial charge < -0.3 is 9.47 Å². The number of nitriles is 3. The quantitative estimate of drug-likeness (QED) is 0.748. The molecule has 27 heavy (non-hydrogen) atoms. The third-order valence-electron chi connectivity index (χ3n) is 7.38. The molecule has 2 bridgehead atoms. The van der Waals surface area contributed by atoms with Gasteiger partial charge in [-0.3, -0.25) is 5.41 Å². The fourth-order valence-electron chi connectivity index (χ4n) is 5.86. The average Bonchev–Trinajstić information content (AvgIpc) is 2.92. The molecule has 1 N–H and O–H groups in total. The maximum absolute atomic E-state index is 10.3. The molecule has 6 unspecified atom stereocenters. The summed E-state index contributed by atoms with van der Waals surface area (Å²) >= 11 is 0. The van der Waals surface area contributed by atoms with E-state index in [-0.39, 0.29) is 11.8 Å². The maximum Gasteiger partial charge on any atom is 0.217 e. The van der Waals surface area contributed by atoms with Crippen LogP contribution >= 0.6 is 0 Å². The van der Waals surface area contributed by atoms with Gasteiger partial charge in [-0.25, -0.2) is 0 Å². The summed E-state index contributed by atoms with van der Waals surface area (Å²) in [6.45, 7) is 2.11. The summed E-state index contributed by atoms with van der Waals surface area (Å²) in [5.74, 6) is -1.38. The molecule has 2 heterocycles. The van der Waals surface area contributed by atoms with Crippen molar-refractivity contribution in [3.05, 3.63) is 12.2 Å². The molecule has 4 rings (SSSR count). The highest BCUT2D eigenvalue weighted by Gasteiger charge is 2.81. The Morgan fingerprint density at radius 1 is 1.19 bits per heavy atom. The number of nitrogens with zero attached hydrogens (tertiary/aromatic N) is 3. The summed E-state index contributed by atoms with van der Waals surface area (Å²) in [5, 5.41) is 39.3. The van der Waals surface area contributed by atoms with Gasteiger partial charge in [-0.05, 0) is 43.9 Å². The highest BCUT2D eigenvalue weighted by atomic mass is 16.7. The third-order valence-corrected chi connectivity index (χ3v) is 7.38. The van der Waals surface area contributed by atoms with Crippen LogP contribution in [-0.4, -0.2) is 17.8 Å². The van der Waals surface area contributed by atoms with Crippen LogP contribution in [0.5, 0.6) is 0 Å². The van der Waals surface area contributed by atoms with Gasteiger partial charge in [-0.1, -0.05) is 25.5 Å². The van der Waals surface area contributed by atoms with E-state index in [4.69, 9.17) is 14.9 Å². The Kier molecular flexibility index (Phi) is 4.06. The first-order chi connectivity index (χ1) is 13.0. The second kappa shape index (κ2) is 6.08. The highest BCUT2D eigenvalue weighted by Crippen LogP contribution is 2.68. The molecular weight excluding hydrogens is 340 g/mol. The van der Waals surface area contributed by atoms with E-state index >= 15 is 0 Å². The van der Waals surface area contributed by atoms with Crippen LogP contribution in [-0.2, 0) is 9.47 Å². The van der Waals surface area contributed by atoms with Crippen molar-refractivity contribution in [2.75, 3.05) is 0 Å². The van der Waals surface area contributed by atoms with Crippen LogP contribution in [0.4, 0.5) is 0 Å². The summed E-state index contributed by atoms with van der Waals surface area (Å²) in [7, 11) is 0. The van der Waals surface area contributed by atoms with Crippen LogP contribution < -0.4 is 0 Å². The summed E-state index contributed by atoms with van der Waals surface area (Å²) in [6.07, 6.45) is 8.93. The van der Waals surface area contributed by atoms with Crippen LogP contribution in [0, 0.1) is 68.0 Å². The van der Waals surface area contributed by atoms with Gasteiger partial charge in [-0.2, -0.15) is 15.8 Å².